The Morgan fingerprint density at radius 2 is 1.79 bits per heavy atom. The number of hydrogen-bond donors (Lipinski definition) is 0. The first kappa shape index (κ1) is 22.7. The molecule has 0 N–H and O–H groups in total. The zero-order valence-corrected chi connectivity index (χ0v) is 19.3. The Balaban J connectivity index is 1.52. The second-order valence-electron chi connectivity index (χ2n) is 8.64. The fourth-order valence-electron chi connectivity index (χ4n) is 4.44. The first-order valence-electron chi connectivity index (χ1n) is 11.6. The van der Waals surface area contributed by atoms with Crippen molar-refractivity contribution in [3.8, 4) is 11.1 Å². The van der Waals surface area contributed by atoms with Gasteiger partial charge in [-0.15, -0.1) is 0 Å². The summed E-state index contributed by atoms with van der Waals surface area (Å²) in [4.78, 5) is 34.5. The maximum atomic E-state index is 13.4. The monoisotopic (exact) mass is 445 g/mol. The summed E-state index contributed by atoms with van der Waals surface area (Å²) in [5, 5.41) is 4.22. The van der Waals surface area contributed by atoms with Crippen LogP contribution in [0.5, 0.6) is 0 Å². The second kappa shape index (κ2) is 10.4. The van der Waals surface area contributed by atoms with E-state index in [1.54, 1.807) is 28.2 Å². The molecule has 1 aliphatic rings. The van der Waals surface area contributed by atoms with Crippen LogP contribution in [0.1, 0.15) is 25.8 Å². The predicted molar refractivity (Wildman–Crippen MR) is 127 cm³/mol. The number of carbonyl (C=O) groups excluding carboxylic acids is 2. The molecule has 3 heterocycles. The summed E-state index contributed by atoms with van der Waals surface area (Å²) in [6.07, 6.45) is 8.54. The number of hydrogen-bond acceptors (Lipinski definition) is 4. The lowest BCUT2D eigenvalue weighted by molar-refractivity contribution is -0.153. The number of piperazine rings is 1. The normalized spacial score (nSPS) is 17.3. The lowest BCUT2D eigenvalue weighted by atomic mass is 9.97. The van der Waals surface area contributed by atoms with Gasteiger partial charge in [-0.2, -0.15) is 5.10 Å². The van der Waals surface area contributed by atoms with Gasteiger partial charge in [-0.3, -0.25) is 19.3 Å². The summed E-state index contributed by atoms with van der Waals surface area (Å²) in [5.74, 6) is -0.207. The van der Waals surface area contributed by atoms with Crippen LogP contribution in [0.2, 0.25) is 0 Å². The molecule has 2 atom stereocenters. The van der Waals surface area contributed by atoms with Crippen LogP contribution in [0.15, 0.2) is 67.3 Å². The molecule has 4 rings (SSSR count). The molecule has 3 aromatic rings. The van der Waals surface area contributed by atoms with Crippen LogP contribution >= 0.6 is 0 Å². The van der Waals surface area contributed by atoms with Crippen LogP contribution in [0.4, 0.5) is 0 Å². The van der Waals surface area contributed by atoms with Gasteiger partial charge in [-0.1, -0.05) is 38.1 Å². The summed E-state index contributed by atoms with van der Waals surface area (Å²) in [6.45, 7) is 6.36. The first-order valence-corrected chi connectivity index (χ1v) is 11.6. The van der Waals surface area contributed by atoms with Gasteiger partial charge in [0.1, 0.15) is 6.04 Å². The van der Waals surface area contributed by atoms with Crippen LogP contribution < -0.4 is 0 Å². The molecule has 7 nitrogen and oxygen atoms in total. The molecule has 0 unspecified atom stereocenters. The average molecular weight is 446 g/mol. The van der Waals surface area contributed by atoms with E-state index in [-0.39, 0.29) is 17.7 Å². The van der Waals surface area contributed by atoms with Crippen molar-refractivity contribution in [2.45, 2.75) is 39.3 Å². The zero-order valence-electron chi connectivity index (χ0n) is 19.3. The Morgan fingerprint density at radius 3 is 2.45 bits per heavy atom. The van der Waals surface area contributed by atoms with E-state index in [1.807, 2.05) is 36.2 Å². The van der Waals surface area contributed by atoms with Crippen molar-refractivity contribution >= 4 is 11.8 Å². The van der Waals surface area contributed by atoms with E-state index in [0.29, 0.717) is 26.1 Å². The molecule has 0 aliphatic carbocycles. The molecule has 0 spiro atoms. The molecule has 7 heteroatoms. The van der Waals surface area contributed by atoms with E-state index < -0.39 is 6.04 Å². The topological polar surface area (TPSA) is 71.3 Å². The summed E-state index contributed by atoms with van der Waals surface area (Å²) < 4.78 is 1.77. The highest BCUT2D eigenvalue weighted by Gasteiger charge is 2.38. The molecule has 1 aliphatic heterocycles. The van der Waals surface area contributed by atoms with Gasteiger partial charge in [0, 0.05) is 50.8 Å². The largest absolute Gasteiger partial charge is 0.339 e. The van der Waals surface area contributed by atoms with Crippen LogP contribution in [-0.4, -0.2) is 62.1 Å². The smallest absolute Gasteiger partial charge is 0.245 e. The van der Waals surface area contributed by atoms with Gasteiger partial charge in [0.05, 0.1) is 12.5 Å². The van der Waals surface area contributed by atoms with Gasteiger partial charge in [-0.05, 0) is 41.3 Å². The van der Waals surface area contributed by atoms with Crippen LogP contribution in [-0.2, 0) is 22.6 Å². The first-order chi connectivity index (χ1) is 16.1. The number of rotatable bonds is 8. The fourth-order valence-corrected chi connectivity index (χ4v) is 4.44. The molecule has 0 radical (unpaired) electrons. The highest BCUT2D eigenvalue weighted by atomic mass is 16.2. The van der Waals surface area contributed by atoms with Gasteiger partial charge in [0.15, 0.2) is 0 Å². The number of benzene rings is 1. The van der Waals surface area contributed by atoms with Crippen molar-refractivity contribution in [2.24, 2.45) is 5.92 Å². The van der Waals surface area contributed by atoms with Gasteiger partial charge in [0.2, 0.25) is 11.8 Å². The van der Waals surface area contributed by atoms with Crippen LogP contribution in [0.3, 0.4) is 0 Å². The standard InChI is InChI=1S/C26H31N5O2/c1-3-14-29-16-17-31(25(32)20(2)19-30-15-4-11-28-30)24(26(29)33)18-21-5-7-22(8-6-21)23-9-12-27-13-10-23/h4-13,15,20,24H,3,14,16-19H2,1-2H3/t20-,24-/m0/s1. The molecule has 0 saturated carbocycles. The third-order valence-electron chi connectivity index (χ3n) is 6.20. The molecular formula is C26H31N5O2. The Kier molecular flexibility index (Phi) is 7.17. The second-order valence-corrected chi connectivity index (χ2v) is 8.64. The van der Waals surface area contributed by atoms with Gasteiger partial charge in [-0.25, -0.2) is 0 Å². The van der Waals surface area contributed by atoms with Crippen LogP contribution in [0, 0.1) is 5.92 Å². The quantitative estimate of drug-likeness (QED) is 0.534. The number of amides is 2. The number of carbonyl (C=O) groups is 2. The van der Waals surface area contributed by atoms with Crippen molar-refractivity contribution in [2.75, 3.05) is 19.6 Å². The van der Waals surface area contributed by atoms with E-state index >= 15 is 0 Å². The Bertz CT molecular complexity index is 1050. The minimum absolute atomic E-state index is 0.00778. The predicted octanol–water partition coefficient (Wildman–Crippen LogP) is 3.27. The van der Waals surface area contributed by atoms with E-state index in [0.717, 1.165) is 29.7 Å². The number of pyridine rings is 1. The van der Waals surface area contributed by atoms with Crippen molar-refractivity contribution < 1.29 is 9.59 Å². The third kappa shape index (κ3) is 5.30. The number of nitrogens with zero attached hydrogens (tertiary/aromatic N) is 5. The average Bonchev–Trinajstić information content (AvgIpc) is 3.35. The minimum Gasteiger partial charge on any atom is -0.339 e. The minimum atomic E-state index is -0.482. The molecule has 2 aromatic heterocycles. The molecule has 0 bridgehead atoms. The van der Waals surface area contributed by atoms with Gasteiger partial charge < -0.3 is 9.80 Å². The van der Waals surface area contributed by atoms with Crippen LogP contribution in [0.25, 0.3) is 11.1 Å². The molecule has 1 aromatic carbocycles. The van der Waals surface area contributed by atoms with E-state index in [2.05, 4.69) is 41.3 Å². The Hall–Kier alpha value is -3.48. The summed E-state index contributed by atoms with van der Waals surface area (Å²) in [7, 11) is 0. The summed E-state index contributed by atoms with van der Waals surface area (Å²) in [5.41, 5.74) is 3.25. The molecule has 172 valence electrons. The van der Waals surface area contributed by atoms with E-state index in [1.165, 1.54) is 0 Å². The lowest BCUT2D eigenvalue weighted by Gasteiger charge is -2.41. The Labute approximate surface area is 195 Å². The molecular weight excluding hydrogens is 414 g/mol. The SMILES string of the molecule is CCCN1CCN(C(=O)[C@@H](C)Cn2cccn2)[C@@H](Cc2ccc(-c3ccncc3)cc2)C1=O. The molecule has 1 saturated heterocycles. The highest BCUT2D eigenvalue weighted by molar-refractivity contribution is 5.90. The van der Waals surface area contributed by atoms with Gasteiger partial charge >= 0.3 is 0 Å². The Morgan fingerprint density at radius 1 is 1.06 bits per heavy atom. The van der Waals surface area contributed by atoms with E-state index in [9.17, 15) is 9.59 Å². The zero-order chi connectivity index (χ0) is 23.2. The third-order valence-corrected chi connectivity index (χ3v) is 6.20. The molecule has 2 amide bonds. The summed E-state index contributed by atoms with van der Waals surface area (Å²) in [6, 6.07) is 13.6. The van der Waals surface area contributed by atoms with Crippen molar-refractivity contribution in [1.82, 2.24) is 24.6 Å². The maximum absolute atomic E-state index is 13.4. The van der Waals surface area contributed by atoms with Crippen molar-refractivity contribution in [3.05, 3.63) is 72.8 Å². The maximum Gasteiger partial charge on any atom is 0.245 e. The summed E-state index contributed by atoms with van der Waals surface area (Å²) >= 11 is 0. The molecule has 33 heavy (non-hydrogen) atoms. The molecule has 1 fully saturated rings. The van der Waals surface area contributed by atoms with Crippen molar-refractivity contribution in [3.63, 3.8) is 0 Å². The number of aromatic nitrogens is 3. The van der Waals surface area contributed by atoms with Gasteiger partial charge in [0.25, 0.3) is 0 Å². The lowest BCUT2D eigenvalue weighted by Crippen LogP contribution is -2.60. The fraction of sp³-hybridized carbons (Fsp3) is 0.385. The highest BCUT2D eigenvalue weighted by Crippen LogP contribution is 2.23. The van der Waals surface area contributed by atoms with E-state index in [4.69, 9.17) is 0 Å². The van der Waals surface area contributed by atoms with Crippen molar-refractivity contribution in [1.29, 1.82) is 0 Å².